The number of nitrogens with one attached hydrogen (secondary N) is 1. The van der Waals surface area contributed by atoms with Crippen molar-refractivity contribution >= 4 is 27.8 Å². The first-order valence-corrected chi connectivity index (χ1v) is 8.36. The summed E-state index contributed by atoms with van der Waals surface area (Å²) in [5, 5.41) is 13.4. The highest BCUT2D eigenvalue weighted by molar-refractivity contribution is 7.19. The molecule has 2 rings (SSSR count). The van der Waals surface area contributed by atoms with Crippen LogP contribution in [0.1, 0.15) is 61.7 Å². The van der Waals surface area contributed by atoms with Gasteiger partial charge in [-0.1, -0.05) is 27.2 Å². The molecule has 5 heteroatoms. The fourth-order valence-electron chi connectivity index (χ4n) is 2.72. The molecule has 0 radical (unpaired) electrons. The summed E-state index contributed by atoms with van der Waals surface area (Å²) in [6.07, 6.45) is 4.89. The maximum absolute atomic E-state index is 12.2. The largest absolute Gasteiger partial charge is 0.396 e. The average molecular weight is 305 g/mol. The predicted molar refractivity (Wildman–Crippen MR) is 87.7 cm³/mol. The van der Waals surface area contributed by atoms with Crippen molar-refractivity contribution in [1.29, 1.82) is 5.26 Å². The number of carbonyl (C=O) groups is 1. The van der Waals surface area contributed by atoms with Crippen molar-refractivity contribution in [2.75, 3.05) is 17.6 Å². The molecule has 1 saturated carbocycles. The summed E-state index contributed by atoms with van der Waals surface area (Å²) >= 11 is 1.32. The highest BCUT2D eigenvalue weighted by atomic mass is 32.1. The lowest BCUT2D eigenvalue weighted by atomic mass is 9.67. The van der Waals surface area contributed by atoms with Gasteiger partial charge >= 0.3 is 0 Å². The lowest BCUT2D eigenvalue weighted by Crippen LogP contribution is -2.35. The van der Waals surface area contributed by atoms with Crippen LogP contribution in [0.25, 0.3) is 0 Å². The smallest absolute Gasteiger partial charge is 0.177 e. The number of nitriles is 1. The maximum atomic E-state index is 12.2. The number of nitrogen functional groups attached to an aromatic ring is 1. The normalized spacial score (nSPS) is 16.3. The Kier molecular flexibility index (Phi) is 4.58. The van der Waals surface area contributed by atoms with Crippen LogP contribution in [0.4, 0.5) is 10.7 Å². The topological polar surface area (TPSA) is 78.9 Å². The highest BCUT2D eigenvalue weighted by Gasteiger charge is 2.35. The van der Waals surface area contributed by atoms with Crippen molar-refractivity contribution in [2.24, 2.45) is 11.3 Å². The molecule has 114 valence electrons. The zero-order valence-corrected chi connectivity index (χ0v) is 13.8. The second-order valence-corrected chi connectivity index (χ2v) is 7.26. The van der Waals surface area contributed by atoms with Gasteiger partial charge in [0, 0.05) is 12.5 Å². The number of Topliss-reactive ketones (excluding diaryl/α,β-unsaturated/α-hetero) is 1. The van der Waals surface area contributed by atoms with Crippen molar-refractivity contribution in [2.45, 2.75) is 46.5 Å². The van der Waals surface area contributed by atoms with Crippen LogP contribution in [0.3, 0.4) is 0 Å². The molecule has 1 aliphatic rings. The number of ketones is 1. The molecule has 0 spiro atoms. The number of hydrogen-bond acceptors (Lipinski definition) is 5. The molecule has 1 aromatic rings. The van der Waals surface area contributed by atoms with Gasteiger partial charge in [-0.25, -0.2) is 0 Å². The summed E-state index contributed by atoms with van der Waals surface area (Å²) in [6, 6.07) is 2.14. The average Bonchev–Trinajstić information content (AvgIpc) is 2.73. The van der Waals surface area contributed by atoms with Gasteiger partial charge in [-0.3, -0.25) is 4.79 Å². The second-order valence-electron chi connectivity index (χ2n) is 6.24. The van der Waals surface area contributed by atoms with Gasteiger partial charge in [-0.15, -0.1) is 11.3 Å². The molecule has 0 amide bonds. The van der Waals surface area contributed by atoms with Crippen LogP contribution in [0.15, 0.2) is 0 Å². The minimum Gasteiger partial charge on any atom is -0.396 e. The third-order valence-electron chi connectivity index (χ3n) is 4.59. The van der Waals surface area contributed by atoms with E-state index in [1.54, 1.807) is 0 Å². The zero-order valence-electron chi connectivity index (χ0n) is 13.0. The van der Waals surface area contributed by atoms with Crippen molar-refractivity contribution < 1.29 is 4.79 Å². The molecule has 0 saturated heterocycles. The van der Waals surface area contributed by atoms with Crippen LogP contribution in [0.5, 0.6) is 0 Å². The van der Waals surface area contributed by atoms with E-state index < -0.39 is 0 Å². The van der Waals surface area contributed by atoms with Crippen LogP contribution in [-0.2, 0) is 0 Å². The van der Waals surface area contributed by atoms with E-state index >= 15 is 0 Å². The summed E-state index contributed by atoms with van der Waals surface area (Å²) in [6.45, 7) is 6.76. The lowest BCUT2D eigenvalue weighted by molar-refractivity contribution is 0.0944. The number of nitrogens with two attached hydrogens (primary N) is 1. The Hall–Kier alpha value is -1.54. The molecule has 0 atom stereocenters. The van der Waals surface area contributed by atoms with E-state index in [0.717, 1.165) is 18.0 Å². The number of thiophene rings is 1. The van der Waals surface area contributed by atoms with Gasteiger partial charge in [-0.2, -0.15) is 5.26 Å². The van der Waals surface area contributed by atoms with E-state index in [9.17, 15) is 10.1 Å². The van der Waals surface area contributed by atoms with Crippen LogP contribution in [0, 0.1) is 22.7 Å². The maximum Gasteiger partial charge on any atom is 0.177 e. The second kappa shape index (κ2) is 6.07. The Bertz CT molecular complexity index is 574. The quantitative estimate of drug-likeness (QED) is 0.778. The Balaban J connectivity index is 2.22. The fourth-order valence-corrected chi connectivity index (χ4v) is 3.88. The van der Waals surface area contributed by atoms with Gasteiger partial charge in [0.05, 0.1) is 10.6 Å². The fraction of sp³-hybridized carbons (Fsp3) is 0.625. The first-order chi connectivity index (χ1) is 9.94. The molecule has 0 aliphatic heterocycles. The highest BCUT2D eigenvalue weighted by Crippen LogP contribution is 2.45. The van der Waals surface area contributed by atoms with Gasteiger partial charge in [0.15, 0.2) is 5.78 Å². The van der Waals surface area contributed by atoms with Gasteiger partial charge < -0.3 is 11.1 Å². The Labute approximate surface area is 130 Å². The van der Waals surface area contributed by atoms with E-state index in [1.807, 2.05) is 13.8 Å². The Morgan fingerprint density at radius 2 is 2.19 bits per heavy atom. The van der Waals surface area contributed by atoms with Gasteiger partial charge in [-0.05, 0) is 24.7 Å². The van der Waals surface area contributed by atoms with Crippen molar-refractivity contribution in [3.63, 3.8) is 0 Å². The Morgan fingerprint density at radius 1 is 1.52 bits per heavy atom. The number of anilines is 2. The minimum atomic E-state index is -0.112. The number of carbonyl (C=O) groups excluding carboxylic acids is 1. The molecule has 1 fully saturated rings. The molecule has 3 N–H and O–H groups in total. The number of rotatable bonds is 6. The lowest BCUT2D eigenvalue weighted by Gasteiger charge is -2.41. The molecule has 1 aromatic heterocycles. The summed E-state index contributed by atoms with van der Waals surface area (Å²) in [5.74, 6) is -0.102. The van der Waals surface area contributed by atoms with Crippen molar-refractivity contribution in [1.82, 2.24) is 0 Å². The Morgan fingerprint density at radius 3 is 2.62 bits per heavy atom. The van der Waals surface area contributed by atoms with Crippen LogP contribution < -0.4 is 11.1 Å². The van der Waals surface area contributed by atoms with Crippen molar-refractivity contribution in [3.8, 4) is 6.07 Å². The van der Waals surface area contributed by atoms with Crippen LogP contribution in [-0.4, -0.2) is 12.3 Å². The van der Waals surface area contributed by atoms with E-state index in [0.29, 0.717) is 21.5 Å². The predicted octanol–water partition coefficient (Wildman–Crippen LogP) is 4.03. The first-order valence-electron chi connectivity index (χ1n) is 7.54. The summed E-state index contributed by atoms with van der Waals surface area (Å²) in [5.41, 5.74) is 7.12. The summed E-state index contributed by atoms with van der Waals surface area (Å²) in [4.78, 5) is 12.7. The summed E-state index contributed by atoms with van der Waals surface area (Å²) in [7, 11) is 0. The molecule has 0 aromatic carbocycles. The van der Waals surface area contributed by atoms with E-state index in [2.05, 4.69) is 18.3 Å². The molecule has 1 aliphatic carbocycles. The minimum absolute atomic E-state index is 0.0101. The van der Waals surface area contributed by atoms with E-state index in [-0.39, 0.29) is 11.7 Å². The molecule has 4 nitrogen and oxygen atoms in total. The molecular weight excluding hydrogens is 282 g/mol. The van der Waals surface area contributed by atoms with E-state index in [4.69, 9.17) is 5.73 Å². The monoisotopic (exact) mass is 305 g/mol. The standard InChI is InChI=1S/C16H23N3OS/c1-4-16(6-5-7-16)9-19-15-11(8-17)12(18)14(21-15)13(20)10(2)3/h10,19H,4-7,9,18H2,1-3H3. The SMILES string of the molecule is CCC1(CNc2sc(C(=O)C(C)C)c(N)c2C#N)CCC1. The van der Waals surface area contributed by atoms with Crippen LogP contribution in [0.2, 0.25) is 0 Å². The number of nitrogens with zero attached hydrogens (tertiary/aromatic N) is 1. The summed E-state index contributed by atoms with van der Waals surface area (Å²) < 4.78 is 0. The van der Waals surface area contributed by atoms with Gasteiger partial charge in [0.2, 0.25) is 0 Å². The molecule has 21 heavy (non-hydrogen) atoms. The molecular formula is C16H23N3OS. The third-order valence-corrected chi connectivity index (χ3v) is 5.77. The van der Waals surface area contributed by atoms with E-state index in [1.165, 1.54) is 30.6 Å². The first kappa shape index (κ1) is 15.8. The molecule has 0 bridgehead atoms. The number of hydrogen-bond donors (Lipinski definition) is 2. The third kappa shape index (κ3) is 2.91. The molecule has 1 heterocycles. The van der Waals surface area contributed by atoms with Crippen LogP contribution >= 0.6 is 11.3 Å². The van der Waals surface area contributed by atoms with Gasteiger partial charge in [0.1, 0.15) is 16.6 Å². The zero-order chi connectivity index (χ0) is 15.6. The van der Waals surface area contributed by atoms with Gasteiger partial charge in [0.25, 0.3) is 0 Å². The molecule has 0 unspecified atom stereocenters. The van der Waals surface area contributed by atoms with Crippen molar-refractivity contribution in [3.05, 3.63) is 10.4 Å².